The lowest BCUT2D eigenvalue weighted by atomic mass is 9.91. The van der Waals surface area contributed by atoms with Crippen LogP contribution in [0, 0.1) is 0 Å². The number of rotatable bonds is 1. The van der Waals surface area contributed by atoms with Crippen LogP contribution in [0.3, 0.4) is 0 Å². The summed E-state index contributed by atoms with van der Waals surface area (Å²) in [5, 5.41) is 1.28. The van der Waals surface area contributed by atoms with Crippen molar-refractivity contribution < 1.29 is 0 Å². The fourth-order valence-electron chi connectivity index (χ4n) is 2.47. The fraction of sp³-hybridized carbons (Fsp3) is 0.538. The Labute approximate surface area is 107 Å². The molecule has 0 amide bonds. The summed E-state index contributed by atoms with van der Waals surface area (Å²) < 4.78 is 0. The zero-order valence-electron chi connectivity index (χ0n) is 9.26. The molecule has 1 aromatic rings. The van der Waals surface area contributed by atoms with Gasteiger partial charge in [0.1, 0.15) is 0 Å². The van der Waals surface area contributed by atoms with Crippen LogP contribution in [0.25, 0.3) is 0 Å². The molecule has 1 nitrogen and oxygen atoms in total. The Bertz CT molecular complexity index is 365. The second-order valence-electron chi connectivity index (χ2n) is 4.65. The molecule has 0 aromatic heterocycles. The zero-order chi connectivity index (χ0) is 11.5. The third-order valence-corrected chi connectivity index (χ3v) is 4.12. The molecule has 2 unspecified atom stereocenters. The van der Waals surface area contributed by atoms with E-state index in [0.717, 1.165) is 12.8 Å². The molecule has 3 heteroatoms. The van der Waals surface area contributed by atoms with Crippen LogP contribution in [0.15, 0.2) is 18.2 Å². The molecule has 1 aliphatic carbocycles. The molecule has 0 saturated heterocycles. The second-order valence-corrected chi connectivity index (χ2v) is 5.47. The summed E-state index contributed by atoms with van der Waals surface area (Å²) in [6.07, 6.45) is 5.94. The van der Waals surface area contributed by atoms with Gasteiger partial charge in [0, 0.05) is 6.04 Å². The number of hydrogen-bond acceptors (Lipinski definition) is 1. The van der Waals surface area contributed by atoms with Gasteiger partial charge in [0.15, 0.2) is 0 Å². The van der Waals surface area contributed by atoms with E-state index in [2.05, 4.69) is 6.07 Å². The van der Waals surface area contributed by atoms with Gasteiger partial charge < -0.3 is 5.73 Å². The molecule has 16 heavy (non-hydrogen) atoms. The molecule has 0 aliphatic heterocycles. The third-order valence-electron chi connectivity index (χ3n) is 3.38. The van der Waals surface area contributed by atoms with Crippen LogP contribution in [0.2, 0.25) is 10.0 Å². The molecule has 0 radical (unpaired) electrons. The van der Waals surface area contributed by atoms with E-state index in [4.69, 9.17) is 28.9 Å². The van der Waals surface area contributed by atoms with Crippen LogP contribution in [-0.2, 0) is 0 Å². The standard InChI is InChI=1S/C13H17Cl2N/c14-12-6-5-10(8-13(12)15)9-3-1-2-4-11(16)7-9/h5-6,8-9,11H,1-4,7,16H2. The average molecular weight is 258 g/mol. The molecule has 0 heterocycles. The highest BCUT2D eigenvalue weighted by Gasteiger charge is 2.19. The lowest BCUT2D eigenvalue weighted by molar-refractivity contribution is 0.535. The zero-order valence-corrected chi connectivity index (χ0v) is 10.8. The molecule has 1 aliphatic rings. The van der Waals surface area contributed by atoms with Gasteiger partial charge in [-0.1, -0.05) is 42.1 Å². The first-order valence-corrected chi connectivity index (χ1v) is 6.63. The van der Waals surface area contributed by atoms with Crippen LogP contribution in [-0.4, -0.2) is 6.04 Å². The van der Waals surface area contributed by atoms with E-state index in [9.17, 15) is 0 Å². The van der Waals surface area contributed by atoms with E-state index in [1.807, 2.05) is 12.1 Å². The summed E-state index contributed by atoms with van der Waals surface area (Å²) in [5.41, 5.74) is 7.36. The SMILES string of the molecule is NC1CCCCC(c2ccc(Cl)c(Cl)c2)C1. The fourth-order valence-corrected chi connectivity index (χ4v) is 2.77. The first kappa shape index (κ1) is 12.2. The predicted octanol–water partition coefficient (Wildman–Crippen LogP) is 4.37. The second kappa shape index (κ2) is 5.39. The van der Waals surface area contributed by atoms with Crippen LogP contribution >= 0.6 is 23.2 Å². The van der Waals surface area contributed by atoms with Gasteiger partial charge in [0.2, 0.25) is 0 Å². The third kappa shape index (κ3) is 2.91. The highest BCUT2D eigenvalue weighted by Crippen LogP contribution is 2.34. The first-order valence-electron chi connectivity index (χ1n) is 5.87. The molecule has 88 valence electrons. The number of hydrogen-bond donors (Lipinski definition) is 1. The minimum absolute atomic E-state index is 0.335. The van der Waals surface area contributed by atoms with E-state index in [1.54, 1.807) is 0 Å². The summed E-state index contributed by atoms with van der Waals surface area (Å²) in [6.45, 7) is 0. The van der Waals surface area contributed by atoms with Crippen molar-refractivity contribution in [3.05, 3.63) is 33.8 Å². The van der Waals surface area contributed by atoms with Crippen LogP contribution in [0.1, 0.15) is 43.6 Å². The van der Waals surface area contributed by atoms with Crippen LogP contribution in [0.5, 0.6) is 0 Å². The van der Waals surface area contributed by atoms with Crippen molar-refractivity contribution in [3.8, 4) is 0 Å². The maximum atomic E-state index is 6.07. The average Bonchev–Trinajstić information content (AvgIpc) is 2.47. The lowest BCUT2D eigenvalue weighted by Gasteiger charge is -2.17. The first-order chi connectivity index (χ1) is 7.66. The maximum Gasteiger partial charge on any atom is 0.0595 e. The normalized spacial score (nSPS) is 26.4. The summed E-state index contributed by atoms with van der Waals surface area (Å²) in [4.78, 5) is 0. The van der Waals surface area contributed by atoms with Crippen LogP contribution in [0.4, 0.5) is 0 Å². The predicted molar refractivity (Wildman–Crippen MR) is 70.3 cm³/mol. The molecule has 2 atom stereocenters. The van der Waals surface area contributed by atoms with Gasteiger partial charge in [-0.25, -0.2) is 0 Å². The van der Waals surface area contributed by atoms with Gasteiger partial charge in [-0.15, -0.1) is 0 Å². The van der Waals surface area contributed by atoms with Crippen LogP contribution < -0.4 is 5.73 Å². The smallest absolute Gasteiger partial charge is 0.0595 e. The van der Waals surface area contributed by atoms with Crippen molar-refractivity contribution in [1.82, 2.24) is 0 Å². The Kier molecular flexibility index (Phi) is 4.12. The van der Waals surface area contributed by atoms with E-state index < -0.39 is 0 Å². The van der Waals surface area contributed by atoms with Gasteiger partial charge in [-0.2, -0.15) is 0 Å². The molecule has 0 bridgehead atoms. The molecule has 0 spiro atoms. The van der Waals surface area contributed by atoms with Crippen molar-refractivity contribution >= 4 is 23.2 Å². The Balaban J connectivity index is 2.18. The molecular formula is C13H17Cl2N. The van der Waals surface area contributed by atoms with Gasteiger partial charge in [0.25, 0.3) is 0 Å². The highest BCUT2D eigenvalue weighted by molar-refractivity contribution is 6.42. The summed E-state index contributed by atoms with van der Waals surface area (Å²) in [5.74, 6) is 0.548. The lowest BCUT2D eigenvalue weighted by Crippen LogP contribution is -2.20. The van der Waals surface area contributed by atoms with Crippen molar-refractivity contribution in [3.63, 3.8) is 0 Å². The Morgan fingerprint density at radius 3 is 2.56 bits per heavy atom. The van der Waals surface area contributed by atoms with Gasteiger partial charge in [0.05, 0.1) is 10.0 Å². The molecule has 1 aromatic carbocycles. The Morgan fingerprint density at radius 1 is 1.06 bits per heavy atom. The summed E-state index contributed by atoms with van der Waals surface area (Å²) in [7, 11) is 0. The Morgan fingerprint density at radius 2 is 1.81 bits per heavy atom. The molecular weight excluding hydrogens is 241 g/mol. The van der Waals surface area contributed by atoms with E-state index in [1.165, 1.54) is 24.8 Å². The van der Waals surface area contributed by atoms with E-state index in [0.29, 0.717) is 22.0 Å². The topological polar surface area (TPSA) is 26.0 Å². The number of halogens is 2. The minimum atomic E-state index is 0.335. The molecule has 1 fully saturated rings. The highest BCUT2D eigenvalue weighted by atomic mass is 35.5. The Hall–Kier alpha value is -0.240. The van der Waals surface area contributed by atoms with E-state index >= 15 is 0 Å². The van der Waals surface area contributed by atoms with Crippen molar-refractivity contribution in [2.75, 3.05) is 0 Å². The molecule has 1 saturated carbocycles. The maximum absolute atomic E-state index is 6.07. The number of nitrogens with two attached hydrogens (primary N) is 1. The number of benzene rings is 1. The van der Waals surface area contributed by atoms with E-state index in [-0.39, 0.29) is 0 Å². The van der Waals surface area contributed by atoms with Crippen molar-refractivity contribution in [2.24, 2.45) is 5.73 Å². The monoisotopic (exact) mass is 257 g/mol. The van der Waals surface area contributed by atoms with Gasteiger partial charge >= 0.3 is 0 Å². The van der Waals surface area contributed by atoms with Crippen molar-refractivity contribution in [1.29, 1.82) is 0 Å². The summed E-state index contributed by atoms with van der Waals surface area (Å²) >= 11 is 12.0. The molecule has 2 rings (SSSR count). The minimum Gasteiger partial charge on any atom is -0.328 e. The van der Waals surface area contributed by atoms with Gasteiger partial charge in [-0.3, -0.25) is 0 Å². The summed E-state index contributed by atoms with van der Waals surface area (Å²) in [6, 6.07) is 6.29. The molecule has 2 N–H and O–H groups in total. The van der Waals surface area contributed by atoms with Gasteiger partial charge in [-0.05, 0) is 42.9 Å². The largest absolute Gasteiger partial charge is 0.328 e. The quantitative estimate of drug-likeness (QED) is 0.744. The van der Waals surface area contributed by atoms with Crippen molar-refractivity contribution in [2.45, 2.75) is 44.1 Å².